The van der Waals surface area contributed by atoms with Crippen molar-refractivity contribution in [3.63, 3.8) is 0 Å². The molecule has 0 aromatic rings. The minimum Gasteiger partial charge on any atom is -0.393 e. The fraction of sp³-hybridized carbons (Fsp3) is 0.500. The minimum absolute atomic E-state index is 0.237. The number of hydrogen-bond acceptors (Lipinski definition) is 2. The van der Waals surface area contributed by atoms with Gasteiger partial charge in [0.2, 0.25) is 0 Å². The number of aliphatic hydroxyl groups excluding tert-OH is 2. The maximum absolute atomic E-state index is 9.47. The van der Waals surface area contributed by atoms with Gasteiger partial charge in [0.15, 0.2) is 0 Å². The molecule has 0 aromatic heterocycles. The Kier molecular flexibility index (Phi) is 7.05. The largest absolute Gasteiger partial charge is 0.393 e. The highest BCUT2D eigenvalue weighted by atomic mass is 16.3. The van der Waals surface area contributed by atoms with Crippen LogP contribution in [0.25, 0.3) is 0 Å². The summed E-state index contributed by atoms with van der Waals surface area (Å²) < 4.78 is 0. The molecule has 0 spiro atoms. The van der Waals surface area contributed by atoms with Crippen LogP contribution in [-0.2, 0) is 0 Å². The molecule has 0 bridgehead atoms. The zero-order chi connectivity index (χ0) is 16.8. The van der Waals surface area contributed by atoms with Crippen molar-refractivity contribution < 1.29 is 10.2 Å². The molecular formula is C20H30O2. The summed E-state index contributed by atoms with van der Waals surface area (Å²) in [5, 5.41) is 18.3. The van der Waals surface area contributed by atoms with Gasteiger partial charge in [-0.05, 0) is 50.2 Å². The van der Waals surface area contributed by atoms with Gasteiger partial charge in [0.25, 0.3) is 0 Å². The average molecular weight is 302 g/mol. The smallest absolute Gasteiger partial charge is 0.0981 e. The molecule has 0 radical (unpaired) electrons. The van der Waals surface area contributed by atoms with Gasteiger partial charge in [0.1, 0.15) is 0 Å². The third-order valence-corrected chi connectivity index (χ3v) is 4.30. The van der Waals surface area contributed by atoms with Gasteiger partial charge in [-0.25, -0.2) is 0 Å². The molecule has 0 heterocycles. The van der Waals surface area contributed by atoms with Gasteiger partial charge in [0, 0.05) is 0 Å². The Labute approximate surface area is 135 Å². The first-order chi connectivity index (χ1) is 10.3. The summed E-state index contributed by atoms with van der Waals surface area (Å²) in [4.78, 5) is 0. The lowest BCUT2D eigenvalue weighted by molar-refractivity contribution is 0.122. The summed E-state index contributed by atoms with van der Waals surface area (Å²) >= 11 is 0. The summed E-state index contributed by atoms with van der Waals surface area (Å²) in [5.41, 5.74) is 4.95. The van der Waals surface area contributed by atoms with E-state index in [1.54, 1.807) is 0 Å². The monoisotopic (exact) mass is 302 g/mol. The van der Waals surface area contributed by atoms with E-state index < -0.39 is 6.10 Å². The molecular weight excluding hydrogens is 272 g/mol. The van der Waals surface area contributed by atoms with Crippen molar-refractivity contribution in [1.29, 1.82) is 0 Å². The molecule has 2 N–H and O–H groups in total. The SMILES string of the molecule is CC1=CCCC(C)(C)\C1=C/C=C(C)/C=C/C=C(\C)[C@H](O)CO. The van der Waals surface area contributed by atoms with E-state index >= 15 is 0 Å². The molecule has 122 valence electrons. The molecule has 0 fully saturated rings. The summed E-state index contributed by atoms with van der Waals surface area (Å²) in [7, 11) is 0. The van der Waals surface area contributed by atoms with Crippen LogP contribution in [0.2, 0.25) is 0 Å². The van der Waals surface area contributed by atoms with Crippen molar-refractivity contribution in [2.24, 2.45) is 5.41 Å². The molecule has 0 aliphatic heterocycles. The second kappa shape index (κ2) is 8.30. The fourth-order valence-corrected chi connectivity index (χ4v) is 2.66. The number of allylic oxidation sites excluding steroid dienone is 9. The molecule has 2 nitrogen and oxygen atoms in total. The van der Waals surface area contributed by atoms with Gasteiger partial charge >= 0.3 is 0 Å². The molecule has 0 aromatic carbocycles. The van der Waals surface area contributed by atoms with Crippen LogP contribution in [0, 0.1) is 5.41 Å². The van der Waals surface area contributed by atoms with Crippen molar-refractivity contribution >= 4 is 0 Å². The molecule has 1 atom stereocenters. The molecule has 1 aliphatic rings. The zero-order valence-electron chi connectivity index (χ0n) is 14.6. The van der Waals surface area contributed by atoms with Gasteiger partial charge in [-0.15, -0.1) is 0 Å². The summed E-state index contributed by atoms with van der Waals surface area (Å²) in [6.45, 7) is 10.4. The van der Waals surface area contributed by atoms with E-state index in [2.05, 4.69) is 45.9 Å². The lowest BCUT2D eigenvalue weighted by Crippen LogP contribution is -2.18. The maximum Gasteiger partial charge on any atom is 0.0981 e. The number of hydrogen-bond donors (Lipinski definition) is 2. The van der Waals surface area contributed by atoms with Crippen molar-refractivity contribution in [3.05, 3.63) is 58.7 Å². The van der Waals surface area contributed by atoms with Crippen LogP contribution in [0.1, 0.15) is 47.5 Å². The van der Waals surface area contributed by atoms with Crippen molar-refractivity contribution in [2.75, 3.05) is 6.61 Å². The zero-order valence-corrected chi connectivity index (χ0v) is 14.6. The Morgan fingerprint density at radius 2 is 2.00 bits per heavy atom. The molecule has 1 aliphatic carbocycles. The summed E-state index contributed by atoms with van der Waals surface area (Å²) in [6, 6.07) is 0. The van der Waals surface area contributed by atoms with Crippen molar-refractivity contribution in [3.8, 4) is 0 Å². The van der Waals surface area contributed by atoms with Crippen LogP contribution < -0.4 is 0 Å². The van der Waals surface area contributed by atoms with E-state index in [0.29, 0.717) is 0 Å². The normalized spacial score (nSPS) is 23.0. The quantitative estimate of drug-likeness (QED) is 0.735. The Morgan fingerprint density at radius 1 is 1.32 bits per heavy atom. The third kappa shape index (κ3) is 5.43. The lowest BCUT2D eigenvalue weighted by atomic mass is 9.73. The molecule has 0 saturated carbocycles. The number of rotatable bonds is 5. The molecule has 0 amide bonds. The molecule has 2 heteroatoms. The van der Waals surface area contributed by atoms with Gasteiger partial charge in [0.05, 0.1) is 12.7 Å². The maximum atomic E-state index is 9.47. The standard InChI is InChI=1S/C20H30O2/c1-15(8-6-9-17(3)19(22)14-21)11-12-18-16(2)10-7-13-20(18,4)5/h6,8-12,19,21-22H,7,13-14H2,1-5H3/b8-6+,15-11+,17-9+,18-12-/t19-/m1/s1. The van der Waals surface area contributed by atoms with E-state index in [4.69, 9.17) is 5.11 Å². The first-order valence-electron chi connectivity index (χ1n) is 7.98. The Balaban J connectivity index is 2.83. The highest BCUT2D eigenvalue weighted by Crippen LogP contribution is 2.40. The second-order valence-electron chi connectivity index (χ2n) is 6.77. The highest BCUT2D eigenvalue weighted by molar-refractivity contribution is 5.40. The minimum atomic E-state index is -0.771. The fourth-order valence-electron chi connectivity index (χ4n) is 2.66. The van der Waals surface area contributed by atoms with Crippen molar-refractivity contribution in [2.45, 2.75) is 53.6 Å². The second-order valence-corrected chi connectivity index (χ2v) is 6.77. The van der Waals surface area contributed by atoms with Crippen LogP contribution >= 0.6 is 0 Å². The third-order valence-electron chi connectivity index (χ3n) is 4.30. The first kappa shape index (κ1) is 18.7. The predicted molar refractivity (Wildman–Crippen MR) is 94.6 cm³/mol. The van der Waals surface area contributed by atoms with Crippen LogP contribution in [0.15, 0.2) is 58.7 Å². The van der Waals surface area contributed by atoms with Crippen LogP contribution in [0.5, 0.6) is 0 Å². The highest BCUT2D eigenvalue weighted by Gasteiger charge is 2.26. The molecule has 1 rings (SSSR count). The summed E-state index contributed by atoms with van der Waals surface area (Å²) in [5.74, 6) is 0. The lowest BCUT2D eigenvalue weighted by Gasteiger charge is -2.32. The van der Waals surface area contributed by atoms with E-state index in [0.717, 1.165) is 17.6 Å². The van der Waals surface area contributed by atoms with Gasteiger partial charge in [-0.2, -0.15) is 0 Å². The molecule has 0 saturated heterocycles. The summed E-state index contributed by atoms with van der Waals surface area (Å²) in [6.07, 6.45) is 14.0. The first-order valence-corrected chi connectivity index (χ1v) is 7.98. The predicted octanol–water partition coefficient (Wildman–Crippen LogP) is 4.48. The molecule has 0 unspecified atom stereocenters. The van der Waals surface area contributed by atoms with E-state index in [1.807, 2.05) is 25.2 Å². The Hall–Kier alpha value is -1.38. The van der Waals surface area contributed by atoms with Crippen LogP contribution in [0.3, 0.4) is 0 Å². The van der Waals surface area contributed by atoms with Crippen LogP contribution in [0.4, 0.5) is 0 Å². The topological polar surface area (TPSA) is 40.5 Å². The Morgan fingerprint density at radius 3 is 2.59 bits per heavy atom. The van der Waals surface area contributed by atoms with Gasteiger partial charge in [-0.3, -0.25) is 0 Å². The van der Waals surface area contributed by atoms with Gasteiger partial charge < -0.3 is 10.2 Å². The Bertz CT molecular complexity index is 528. The number of aliphatic hydroxyl groups is 2. The van der Waals surface area contributed by atoms with Gasteiger partial charge in [-0.1, -0.05) is 61.4 Å². The van der Waals surface area contributed by atoms with Crippen molar-refractivity contribution in [1.82, 2.24) is 0 Å². The van der Waals surface area contributed by atoms with Crippen LogP contribution in [-0.4, -0.2) is 22.9 Å². The van der Waals surface area contributed by atoms with E-state index in [-0.39, 0.29) is 12.0 Å². The molecule has 22 heavy (non-hydrogen) atoms. The van der Waals surface area contributed by atoms with E-state index in [9.17, 15) is 5.11 Å². The average Bonchev–Trinajstić information content (AvgIpc) is 2.45. The van der Waals surface area contributed by atoms with E-state index in [1.165, 1.54) is 17.6 Å².